The summed E-state index contributed by atoms with van der Waals surface area (Å²) < 4.78 is 0. The van der Waals surface area contributed by atoms with Gasteiger partial charge in [0.15, 0.2) is 0 Å². The lowest BCUT2D eigenvalue weighted by Gasteiger charge is -2.24. The van der Waals surface area contributed by atoms with Gasteiger partial charge in [0, 0.05) is 7.05 Å². The van der Waals surface area contributed by atoms with Crippen molar-refractivity contribution in [3.05, 3.63) is 0 Å². The van der Waals surface area contributed by atoms with Crippen LogP contribution in [-0.4, -0.2) is 63.9 Å². The highest BCUT2D eigenvalue weighted by Crippen LogP contribution is 2.42. The van der Waals surface area contributed by atoms with Crippen LogP contribution >= 0.6 is 0 Å². The average molecular weight is 297 g/mol. The van der Waals surface area contributed by atoms with Crippen LogP contribution in [0, 0.1) is 5.92 Å². The fourth-order valence-electron chi connectivity index (χ4n) is 2.43. The maximum Gasteiger partial charge on any atom is 0.326 e. The number of imide groups is 1. The van der Waals surface area contributed by atoms with E-state index in [0.29, 0.717) is 0 Å². The number of nitrogens with zero attached hydrogens (tertiary/aromatic N) is 2. The van der Waals surface area contributed by atoms with Gasteiger partial charge in [-0.05, 0) is 32.6 Å². The highest BCUT2D eigenvalue weighted by atomic mass is 16.4. The second-order valence-corrected chi connectivity index (χ2v) is 5.82. The van der Waals surface area contributed by atoms with Gasteiger partial charge in [0.1, 0.15) is 18.1 Å². The highest BCUT2D eigenvalue weighted by molar-refractivity contribution is 6.09. The van der Waals surface area contributed by atoms with Gasteiger partial charge in [0.2, 0.25) is 5.91 Å². The van der Waals surface area contributed by atoms with Crippen LogP contribution < -0.4 is 5.32 Å². The number of carbonyl (C=O) groups is 4. The Morgan fingerprint density at radius 1 is 1.48 bits per heavy atom. The topological polar surface area (TPSA) is 107 Å². The number of carbonyl (C=O) groups excluding carboxylic acids is 3. The summed E-state index contributed by atoms with van der Waals surface area (Å²) in [7, 11) is 1.33. The second kappa shape index (κ2) is 5.01. The predicted molar refractivity (Wildman–Crippen MR) is 71.2 cm³/mol. The maximum atomic E-state index is 12.3. The lowest BCUT2D eigenvalue weighted by Crippen LogP contribution is -2.48. The van der Waals surface area contributed by atoms with Gasteiger partial charge in [-0.15, -0.1) is 0 Å². The van der Waals surface area contributed by atoms with Crippen LogP contribution in [0.2, 0.25) is 0 Å². The third kappa shape index (κ3) is 2.57. The molecule has 2 rings (SSSR count). The molecule has 2 N–H and O–H groups in total. The molecular weight excluding hydrogens is 278 g/mol. The van der Waals surface area contributed by atoms with Crippen molar-refractivity contribution in [3.8, 4) is 0 Å². The molecule has 8 nitrogen and oxygen atoms in total. The van der Waals surface area contributed by atoms with Crippen molar-refractivity contribution in [1.82, 2.24) is 15.1 Å². The molecule has 0 radical (unpaired) electrons. The van der Waals surface area contributed by atoms with Gasteiger partial charge in [-0.3, -0.25) is 14.5 Å². The van der Waals surface area contributed by atoms with E-state index in [9.17, 15) is 19.2 Å². The van der Waals surface area contributed by atoms with Crippen molar-refractivity contribution >= 4 is 23.8 Å². The molecule has 1 heterocycles. The summed E-state index contributed by atoms with van der Waals surface area (Å²) in [6.45, 7) is 2.58. The Balaban J connectivity index is 2.06. The fourth-order valence-corrected chi connectivity index (χ4v) is 2.43. The number of carboxylic acids is 1. The molecule has 1 aliphatic heterocycles. The average Bonchev–Trinajstić information content (AvgIpc) is 3.23. The molecular formula is C13H19N3O5. The molecule has 1 saturated heterocycles. The van der Waals surface area contributed by atoms with Gasteiger partial charge in [-0.25, -0.2) is 9.59 Å². The number of carboxylic acid groups (broad SMARTS) is 1. The van der Waals surface area contributed by atoms with Crippen LogP contribution in [0.3, 0.4) is 0 Å². The SMILES string of the molecule is C[C@H](C(=O)O)N(C)C(=O)CN1C(=O)N[C@](C)(C2CC2)C1=O. The Bertz CT molecular complexity index is 516. The number of nitrogens with one attached hydrogen (secondary N) is 1. The summed E-state index contributed by atoms with van der Waals surface area (Å²) in [5.74, 6) is -2.04. The number of likely N-dealkylation sites (N-methyl/N-ethyl adjacent to an activating group) is 1. The molecule has 2 atom stereocenters. The Kier molecular flexibility index (Phi) is 3.65. The Hall–Kier alpha value is -2.12. The van der Waals surface area contributed by atoms with Crippen molar-refractivity contribution < 1.29 is 24.3 Å². The first-order chi connectivity index (χ1) is 9.68. The van der Waals surface area contributed by atoms with Crippen LogP contribution in [-0.2, 0) is 14.4 Å². The summed E-state index contributed by atoms with van der Waals surface area (Å²) >= 11 is 0. The third-order valence-electron chi connectivity index (χ3n) is 4.32. The molecule has 0 spiro atoms. The van der Waals surface area contributed by atoms with E-state index in [4.69, 9.17) is 5.11 Å². The zero-order valence-corrected chi connectivity index (χ0v) is 12.3. The molecule has 0 aromatic carbocycles. The first kappa shape index (κ1) is 15.3. The Labute approximate surface area is 122 Å². The number of aliphatic carboxylic acids is 1. The van der Waals surface area contributed by atoms with Gasteiger partial charge in [0.05, 0.1) is 0 Å². The first-order valence-electron chi connectivity index (χ1n) is 6.81. The number of urea groups is 1. The summed E-state index contributed by atoms with van der Waals surface area (Å²) in [5.41, 5.74) is -0.936. The third-order valence-corrected chi connectivity index (χ3v) is 4.32. The number of rotatable bonds is 5. The van der Waals surface area contributed by atoms with E-state index >= 15 is 0 Å². The van der Waals surface area contributed by atoms with Crippen molar-refractivity contribution in [2.45, 2.75) is 38.3 Å². The number of hydrogen-bond donors (Lipinski definition) is 2. The fraction of sp³-hybridized carbons (Fsp3) is 0.692. The first-order valence-corrected chi connectivity index (χ1v) is 6.81. The number of hydrogen-bond acceptors (Lipinski definition) is 4. The quantitative estimate of drug-likeness (QED) is 0.674. The molecule has 0 bridgehead atoms. The highest BCUT2D eigenvalue weighted by Gasteiger charge is 2.56. The maximum absolute atomic E-state index is 12.3. The van der Waals surface area contributed by atoms with Gasteiger partial charge >= 0.3 is 12.0 Å². The smallest absolute Gasteiger partial charge is 0.326 e. The summed E-state index contributed by atoms with van der Waals surface area (Å²) in [6, 6.07) is -1.62. The molecule has 4 amide bonds. The lowest BCUT2D eigenvalue weighted by atomic mass is 9.96. The van der Waals surface area contributed by atoms with E-state index < -0.39 is 41.9 Å². The molecule has 116 valence electrons. The van der Waals surface area contributed by atoms with Gasteiger partial charge in [-0.2, -0.15) is 0 Å². The summed E-state index contributed by atoms with van der Waals surface area (Å²) in [4.78, 5) is 49.0. The molecule has 0 unspecified atom stereocenters. The van der Waals surface area contributed by atoms with Gasteiger partial charge in [0.25, 0.3) is 5.91 Å². The van der Waals surface area contributed by atoms with E-state index in [1.54, 1.807) is 6.92 Å². The van der Waals surface area contributed by atoms with Crippen molar-refractivity contribution in [2.24, 2.45) is 5.92 Å². The lowest BCUT2D eigenvalue weighted by molar-refractivity contribution is -0.149. The minimum atomic E-state index is -1.15. The monoisotopic (exact) mass is 297 g/mol. The van der Waals surface area contributed by atoms with Gasteiger partial charge < -0.3 is 15.3 Å². The molecule has 21 heavy (non-hydrogen) atoms. The zero-order chi connectivity index (χ0) is 15.9. The number of amides is 4. The standard InChI is InChI=1S/C13H19N3O5/c1-7(10(18)19)15(3)9(17)6-16-11(20)13(2,8-4-5-8)14-12(16)21/h7-8H,4-6H2,1-3H3,(H,14,21)(H,18,19)/t7-,13-/m1/s1. The molecule has 0 aromatic rings. The van der Waals surface area contributed by atoms with E-state index in [2.05, 4.69) is 5.32 Å². The molecule has 1 saturated carbocycles. The van der Waals surface area contributed by atoms with E-state index in [1.165, 1.54) is 14.0 Å². The zero-order valence-electron chi connectivity index (χ0n) is 12.3. The van der Waals surface area contributed by atoms with Crippen molar-refractivity contribution in [2.75, 3.05) is 13.6 Å². The minimum absolute atomic E-state index is 0.115. The van der Waals surface area contributed by atoms with Gasteiger partial charge in [-0.1, -0.05) is 0 Å². The van der Waals surface area contributed by atoms with Crippen LogP contribution in [0.15, 0.2) is 0 Å². The van der Waals surface area contributed by atoms with Crippen molar-refractivity contribution in [1.29, 1.82) is 0 Å². The predicted octanol–water partition coefficient (Wildman–Crippen LogP) is -0.362. The summed E-state index contributed by atoms with van der Waals surface area (Å²) in [6.07, 6.45) is 1.75. The van der Waals surface area contributed by atoms with E-state index in [0.717, 1.165) is 22.6 Å². The van der Waals surface area contributed by atoms with E-state index in [1.807, 2.05) is 0 Å². The van der Waals surface area contributed by atoms with Crippen molar-refractivity contribution in [3.63, 3.8) is 0 Å². The minimum Gasteiger partial charge on any atom is -0.480 e. The Morgan fingerprint density at radius 2 is 2.05 bits per heavy atom. The molecule has 1 aliphatic carbocycles. The van der Waals surface area contributed by atoms with Crippen LogP contribution in [0.25, 0.3) is 0 Å². The molecule has 2 fully saturated rings. The normalized spacial score (nSPS) is 26.5. The molecule has 8 heteroatoms. The van der Waals surface area contributed by atoms with Crippen LogP contribution in [0.4, 0.5) is 4.79 Å². The molecule has 0 aromatic heterocycles. The van der Waals surface area contributed by atoms with E-state index in [-0.39, 0.29) is 5.92 Å². The van der Waals surface area contributed by atoms with Crippen LogP contribution in [0.5, 0.6) is 0 Å². The second-order valence-electron chi connectivity index (χ2n) is 5.82. The Morgan fingerprint density at radius 3 is 2.52 bits per heavy atom. The van der Waals surface area contributed by atoms with Crippen LogP contribution in [0.1, 0.15) is 26.7 Å². The summed E-state index contributed by atoms with van der Waals surface area (Å²) in [5, 5.41) is 11.5. The molecule has 2 aliphatic rings. The largest absolute Gasteiger partial charge is 0.480 e.